The third kappa shape index (κ3) is 3.21. The summed E-state index contributed by atoms with van der Waals surface area (Å²) in [6.45, 7) is 1.26. The predicted molar refractivity (Wildman–Crippen MR) is 62.3 cm³/mol. The van der Waals surface area contributed by atoms with Gasteiger partial charge >= 0.3 is 6.18 Å². The van der Waals surface area contributed by atoms with Crippen LogP contribution < -0.4 is 0 Å². The van der Waals surface area contributed by atoms with Gasteiger partial charge in [-0.2, -0.15) is 13.2 Å². The largest absolute Gasteiger partial charge is 0.434 e. The average molecular weight is 280 g/mol. The summed E-state index contributed by atoms with van der Waals surface area (Å²) in [5.41, 5.74) is -0.819. The molecule has 2 heterocycles. The minimum absolute atomic E-state index is 0.0528. The molecule has 1 atom stereocenters. The molecule has 0 radical (unpaired) electrons. The highest BCUT2D eigenvalue weighted by atomic mass is 32.1. The monoisotopic (exact) mass is 280 g/mol. The molecule has 1 saturated heterocycles. The molecule has 1 aliphatic heterocycles. The van der Waals surface area contributed by atoms with Gasteiger partial charge in [-0.25, -0.2) is 4.98 Å². The van der Waals surface area contributed by atoms with Crippen molar-refractivity contribution in [3.8, 4) is 0 Å². The predicted octanol–water partition coefficient (Wildman–Crippen LogP) is 2.51. The Morgan fingerprint density at radius 3 is 2.83 bits per heavy atom. The number of alkyl halides is 3. The fraction of sp³-hybridized carbons (Fsp3) is 0.727. The summed E-state index contributed by atoms with van der Waals surface area (Å²) in [6.07, 6.45) is -1.39. The van der Waals surface area contributed by atoms with Gasteiger partial charge in [0.25, 0.3) is 0 Å². The van der Waals surface area contributed by atoms with Gasteiger partial charge in [0.1, 0.15) is 5.01 Å². The third-order valence-corrected chi connectivity index (χ3v) is 3.97. The van der Waals surface area contributed by atoms with Crippen molar-refractivity contribution >= 4 is 11.3 Å². The van der Waals surface area contributed by atoms with Gasteiger partial charge in [-0.05, 0) is 19.4 Å². The van der Waals surface area contributed by atoms with E-state index in [1.807, 2.05) is 4.90 Å². The summed E-state index contributed by atoms with van der Waals surface area (Å²) in [5, 5.41) is 10.7. The summed E-state index contributed by atoms with van der Waals surface area (Å²) < 4.78 is 37.2. The van der Waals surface area contributed by atoms with Crippen molar-refractivity contribution < 1.29 is 18.3 Å². The first kappa shape index (κ1) is 13.8. The van der Waals surface area contributed by atoms with Gasteiger partial charge in [0.15, 0.2) is 5.69 Å². The van der Waals surface area contributed by atoms with E-state index in [1.54, 1.807) is 0 Å². The first-order valence-electron chi connectivity index (χ1n) is 5.87. The van der Waals surface area contributed by atoms with Crippen LogP contribution in [-0.4, -0.2) is 34.2 Å². The smallest absolute Gasteiger partial charge is 0.395 e. The molecule has 0 saturated carbocycles. The molecule has 1 N–H and O–H groups in total. The Hall–Kier alpha value is -0.660. The lowest BCUT2D eigenvalue weighted by atomic mass is 10.0. The number of aliphatic hydroxyl groups is 1. The number of aliphatic hydroxyl groups excluding tert-OH is 1. The molecule has 7 heteroatoms. The van der Waals surface area contributed by atoms with Gasteiger partial charge in [0, 0.05) is 11.4 Å². The highest BCUT2D eigenvalue weighted by molar-refractivity contribution is 7.09. The zero-order valence-electron chi connectivity index (χ0n) is 9.78. The molecule has 0 spiro atoms. The van der Waals surface area contributed by atoms with Crippen LogP contribution in [0.4, 0.5) is 13.2 Å². The Labute approximate surface area is 107 Å². The van der Waals surface area contributed by atoms with E-state index in [4.69, 9.17) is 0 Å². The van der Waals surface area contributed by atoms with Crippen molar-refractivity contribution in [2.75, 3.05) is 13.2 Å². The van der Waals surface area contributed by atoms with Crippen molar-refractivity contribution in [2.45, 2.75) is 38.0 Å². The second kappa shape index (κ2) is 5.54. The molecule has 1 fully saturated rings. The average Bonchev–Trinajstić information content (AvgIpc) is 2.78. The molecule has 0 bridgehead atoms. The van der Waals surface area contributed by atoms with Crippen molar-refractivity contribution in [1.82, 2.24) is 9.88 Å². The van der Waals surface area contributed by atoms with Gasteiger partial charge in [-0.3, -0.25) is 4.90 Å². The van der Waals surface area contributed by atoms with E-state index in [2.05, 4.69) is 4.98 Å². The Morgan fingerprint density at radius 2 is 2.22 bits per heavy atom. The lowest BCUT2D eigenvalue weighted by Gasteiger charge is -2.33. The standard InChI is InChI=1S/C11H15F3N2OS/c12-11(13,14)9-7-18-10(15-9)5-16-4-2-1-3-8(16)6-17/h7-8,17H,1-6H2/t8-/m1/s1. The molecule has 0 unspecified atom stereocenters. The van der Waals surface area contributed by atoms with Crippen LogP contribution in [0.15, 0.2) is 5.38 Å². The minimum atomic E-state index is -4.37. The number of aromatic nitrogens is 1. The van der Waals surface area contributed by atoms with Crippen molar-refractivity contribution in [3.05, 3.63) is 16.1 Å². The molecular formula is C11H15F3N2OS. The number of halogens is 3. The van der Waals surface area contributed by atoms with Crippen molar-refractivity contribution in [2.24, 2.45) is 0 Å². The molecule has 3 nitrogen and oxygen atoms in total. The van der Waals surface area contributed by atoms with Crippen molar-refractivity contribution in [3.63, 3.8) is 0 Å². The van der Waals surface area contributed by atoms with E-state index < -0.39 is 11.9 Å². The first-order chi connectivity index (χ1) is 8.50. The zero-order valence-corrected chi connectivity index (χ0v) is 10.6. The van der Waals surface area contributed by atoms with Gasteiger partial charge < -0.3 is 5.11 Å². The third-order valence-electron chi connectivity index (χ3n) is 3.14. The normalized spacial score (nSPS) is 22.3. The van der Waals surface area contributed by atoms with E-state index >= 15 is 0 Å². The SMILES string of the molecule is OC[C@H]1CCCCN1Cc1nc(C(F)(F)F)cs1. The summed E-state index contributed by atoms with van der Waals surface area (Å²) in [5.74, 6) is 0. The Balaban J connectivity index is 2.02. The molecule has 0 aliphatic carbocycles. The number of hydrogen-bond acceptors (Lipinski definition) is 4. The number of thiazole rings is 1. The molecule has 102 valence electrons. The fourth-order valence-corrected chi connectivity index (χ4v) is 2.99. The Kier molecular flexibility index (Phi) is 4.24. The molecule has 1 aromatic heterocycles. The number of hydrogen-bond donors (Lipinski definition) is 1. The Bertz CT molecular complexity index is 394. The maximum Gasteiger partial charge on any atom is 0.434 e. The lowest BCUT2D eigenvalue weighted by Crippen LogP contribution is -2.41. The summed E-state index contributed by atoms with van der Waals surface area (Å²) in [7, 11) is 0. The van der Waals surface area contributed by atoms with E-state index in [0.717, 1.165) is 42.5 Å². The van der Waals surface area contributed by atoms with Gasteiger partial charge in [-0.1, -0.05) is 6.42 Å². The molecule has 1 aromatic rings. The first-order valence-corrected chi connectivity index (χ1v) is 6.75. The van der Waals surface area contributed by atoms with Crippen LogP contribution in [0.25, 0.3) is 0 Å². The van der Waals surface area contributed by atoms with Gasteiger partial charge in [-0.15, -0.1) is 11.3 Å². The second-order valence-corrected chi connectivity index (χ2v) is 5.37. The van der Waals surface area contributed by atoms with Crippen LogP contribution >= 0.6 is 11.3 Å². The molecular weight excluding hydrogens is 265 g/mol. The molecule has 2 rings (SSSR count). The quantitative estimate of drug-likeness (QED) is 0.924. The molecule has 0 aromatic carbocycles. The Morgan fingerprint density at radius 1 is 1.44 bits per heavy atom. The number of likely N-dealkylation sites (tertiary alicyclic amines) is 1. The number of nitrogens with zero attached hydrogens (tertiary/aromatic N) is 2. The van der Waals surface area contributed by atoms with Gasteiger partial charge in [0.05, 0.1) is 13.2 Å². The van der Waals surface area contributed by atoms with E-state index in [-0.39, 0.29) is 12.6 Å². The second-order valence-electron chi connectivity index (χ2n) is 4.43. The highest BCUT2D eigenvalue weighted by Crippen LogP contribution is 2.30. The fourth-order valence-electron chi connectivity index (χ4n) is 2.16. The summed E-state index contributed by atoms with van der Waals surface area (Å²) in [6, 6.07) is 0.0528. The topological polar surface area (TPSA) is 36.4 Å². The molecule has 0 amide bonds. The van der Waals surface area contributed by atoms with Crippen LogP contribution in [0.3, 0.4) is 0 Å². The van der Waals surface area contributed by atoms with Crippen LogP contribution in [0.5, 0.6) is 0 Å². The highest BCUT2D eigenvalue weighted by Gasteiger charge is 2.34. The lowest BCUT2D eigenvalue weighted by molar-refractivity contribution is -0.140. The molecule has 18 heavy (non-hydrogen) atoms. The van der Waals surface area contributed by atoms with E-state index in [1.165, 1.54) is 0 Å². The summed E-state index contributed by atoms with van der Waals surface area (Å²) >= 11 is 1.03. The number of rotatable bonds is 3. The van der Waals surface area contributed by atoms with Crippen LogP contribution in [0, 0.1) is 0 Å². The van der Waals surface area contributed by atoms with Crippen molar-refractivity contribution in [1.29, 1.82) is 0 Å². The summed E-state index contributed by atoms with van der Waals surface area (Å²) in [4.78, 5) is 5.63. The van der Waals surface area contributed by atoms with Gasteiger partial charge in [0.2, 0.25) is 0 Å². The van der Waals surface area contributed by atoms with Crippen LogP contribution in [0.1, 0.15) is 30.0 Å². The minimum Gasteiger partial charge on any atom is -0.395 e. The van der Waals surface area contributed by atoms with Crippen LogP contribution in [0.2, 0.25) is 0 Å². The van der Waals surface area contributed by atoms with Crippen LogP contribution in [-0.2, 0) is 12.7 Å². The zero-order chi connectivity index (χ0) is 13.2. The maximum absolute atomic E-state index is 12.4. The van der Waals surface area contributed by atoms with E-state index in [0.29, 0.717) is 11.6 Å². The maximum atomic E-state index is 12.4. The number of piperidine rings is 1. The van der Waals surface area contributed by atoms with E-state index in [9.17, 15) is 18.3 Å². The molecule has 1 aliphatic rings.